The van der Waals surface area contributed by atoms with Crippen LogP contribution in [0.3, 0.4) is 0 Å². The van der Waals surface area contributed by atoms with E-state index < -0.39 is 0 Å². The van der Waals surface area contributed by atoms with Gasteiger partial charge in [0, 0.05) is 11.4 Å². The first-order valence-electron chi connectivity index (χ1n) is 5.03. The number of hydrogen-bond donors (Lipinski definition) is 1. The average Bonchev–Trinajstić information content (AvgIpc) is 2.16. The van der Waals surface area contributed by atoms with Crippen LogP contribution in [-0.4, -0.2) is 17.0 Å². The Morgan fingerprint density at radius 1 is 1.36 bits per heavy atom. The van der Waals surface area contributed by atoms with E-state index in [1.54, 1.807) is 0 Å². The van der Waals surface area contributed by atoms with E-state index >= 15 is 0 Å². The molecular weight excluding hydrogens is 174 g/mol. The molecule has 1 heterocycles. The molecule has 1 rings (SSSR count). The van der Waals surface area contributed by atoms with Crippen LogP contribution in [0, 0.1) is 6.92 Å². The van der Waals surface area contributed by atoms with Crippen molar-refractivity contribution in [2.45, 2.75) is 39.7 Å². The molecule has 0 saturated heterocycles. The van der Waals surface area contributed by atoms with E-state index in [-0.39, 0.29) is 5.54 Å². The molecule has 0 amide bonds. The normalized spacial score (nSPS) is 11.8. The lowest BCUT2D eigenvalue weighted by Crippen LogP contribution is -2.35. The molecule has 14 heavy (non-hydrogen) atoms. The van der Waals surface area contributed by atoms with Crippen LogP contribution in [0.1, 0.15) is 38.0 Å². The van der Waals surface area contributed by atoms with Crippen molar-refractivity contribution in [3.63, 3.8) is 0 Å². The average molecular weight is 193 g/mol. The van der Waals surface area contributed by atoms with Crippen LogP contribution in [0.5, 0.6) is 0 Å². The van der Waals surface area contributed by atoms with Gasteiger partial charge in [0.2, 0.25) is 0 Å². The summed E-state index contributed by atoms with van der Waals surface area (Å²) in [5.41, 5.74) is 1.99. The van der Waals surface area contributed by atoms with Crippen LogP contribution in [0.2, 0.25) is 0 Å². The van der Waals surface area contributed by atoms with E-state index in [9.17, 15) is 0 Å². The molecule has 0 aliphatic rings. The molecule has 0 radical (unpaired) electrons. The smallest absolute Gasteiger partial charge is 0.148 e. The lowest BCUT2D eigenvalue weighted by molar-refractivity contribution is 0.414. The molecule has 78 valence electrons. The van der Waals surface area contributed by atoms with Crippen molar-refractivity contribution in [3.8, 4) is 0 Å². The van der Waals surface area contributed by atoms with Crippen LogP contribution in [0.25, 0.3) is 0 Å². The second-order valence-corrected chi connectivity index (χ2v) is 4.05. The topological polar surface area (TPSA) is 37.8 Å². The maximum atomic E-state index is 4.52. The van der Waals surface area contributed by atoms with Crippen LogP contribution in [0.15, 0.2) is 6.07 Å². The molecule has 0 aromatic carbocycles. The summed E-state index contributed by atoms with van der Waals surface area (Å²) in [4.78, 5) is 8.97. The standard InChI is InChI=1S/C11H19N3/c1-6-9-7-8(2)13-10(14-9)11(3,4)12-5/h7,12H,6H2,1-5H3. The van der Waals surface area contributed by atoms with Crippen molar-refractivity contribution in [1.29, 1.82) is 0 Å². The zero-order chi connectivity index (χ0) is 10.8. The van der Waals surface area contributed by atoms with E-state index in [0.29, 0.717) is 0 Å². The Labute approximate surface area is 86.0 Å². The molecule has 0 fully saturated rings. The lowest BCUT2D eigenvalue weighted by Gasteiger charge is -2.22. The van der Waals surface area contributed by atoms with Crippen LogP contribution in [0.4, 0.5) is 0 Å². The van der Waals surface area contributed by atoms with Gasteiger partial charge in [-0.15, -0.1) is 0 Å². The van der Waals surface area contributed by atoms with Gasteiger partial charge in [-0.05, 0) is 40.3 Å². The Hall–Kier alpha value is -0.960. The largest absolute Gasteiger partial charge is 0.308 e. The summed E-state index contributed by atoms with van der Waals surface area (Å²) in [6.07, 6.45) is 0.955. The Morgan fingerprint density at radius 2 is 2.00 bits per heavy atom. The summed E-state index contributed by atoms with van der Waals surface area (Å²) < 4.78 is 0. The summed E-state index contributed by atoms with van der Waals surface area (Å²) in [5, 5.41) is 3.21. The molecule has 0 bridgehead atoms. The third kappa shape index (κ3) is 2.29. The number of nitrogens with zero attached hydrogens (tertiary/aromatic N) is 2. The van der Waals surface area contributed by atoms with Crippen LogP contribution < -0.4 is 5.32 Å². The van der Waals surface area contributed by atoms with Gasteiger partial charge in [-0.1, -0.05) is 6.92 Å². The van der Waals surface area contributed by atoms with E-state index in [2.05, 4.69) is 36.1 Å². The molecular formula is C11H19N3. The van der Waals surface area contributed by atoms with Crippen molar-refractivity contribution in [2.24, 2.45) is 0 Å². The fourth-order valence-corrected chi connectivity index (χ4v) is 1.21. The summed E-state index contributed by atoms with van der Waals surface area (Å²) in [7, 11) is 1.93. The number of rotatable bonds is 3. The highest BCUT2D eigenvalue weighted by Crippen LogP contribution is 2.15. The molecule has 1 aromatic heterocycles. The Bertz CT molecular complexity index is 318. The Kier molecular flexibility index (Phi) is 3.21. The fourth-order valence-electron chi connectivity index (χ4n) is 1.21. The Balaban J connectivity index is 3.15. The number of aryl methyl sites for hydroxylation is 2. The molecule has 3 heteroatoms. The molecule has 0 spiro atoms. The first-order chi connectivity index (χ1) is 6.49. The molecule has 1 aromatic rings. The highest BCUT2D eigenvalue weighted by molar-refractivity contribution is 5.14. The molecule has 0 saturated carbocycles. The number of nitrogens with one attached hydrogen (secondary N) is 1. The van der Waals surface area contributed by atoms with Crippen molar-refractivity contribution in [3.05, 3.63) is 23.3 Å². The minimum atomic E-state index is -0.157. The predicted molar refractivity (Wildman–Crippen MR) is 58.2 cm³/mol. The van der Waals surface area contributed by atoms with Crippen molar-refractivity contribution in [1.82, 2.24) is 15.3 Å². The lowest BCUT2D eigenvalue weighted by atomic mass is 10.0. The van der Waals surface area contributed by atoms with Crippen LogP contribution in [-0.2, 0) is 12.0 Å². The first-order valence-corrected chi connectivity index (χ1v) is 5.03. The molecule has 0 aliphatic heterocycles. The minimum Gasteiger partial charge on any atom is -0.308 e. The SMILES string of the molecule is CCc1cc(C)nc(C(C)(C)NC)n1. The highest BCUT2D eigenvalue weighted by atomic mass is 15.0. The van der Waals surface area contributed by atoms with Crippen molar-refractivity contribution < 1.29 is 0 Å². The number of aromatic nitrogens is 2. The van der Waals surface area contributed by atoms with Gasteiger partial charge in [-0.3, -0.25) is 0 Å². The van der Waals surface area contributed by atoms with E-state index in [4.69, 9.17) is 0 Å². The third-order valence-corrected chi connectivity index (χ3v) is 2.45. The molecule has 0 unspecified atom stereocenters. The van der Waals surface area contributed by atoms with E-state index in [1.807, 2.05) is 20.0 Å². The zero-order valence-electron chi connectivity index (χ0n) is 9.68. The third-order valence-electron chi connectivity index (χ3n) is 2.45. The second-order valence-electron chi connectivity index (χ2n) is 4.05. The fraction of sp³-hybridized carbons (Fsp3) is 0.636. The van der Waals surface area contributed by atoms with Crippen molar-refractivity contribution in [2.75, 3.05) is 7.05 Å². The maximum Gasteiger partial charge on any atom is 0.148 e. The summed E-state index contributed by atoms with van der Waals surface area (Å²) in [5.74, 6) is 0.872. The predicted octanol–water partition coefficient (Wildman–Crippen LogP) is 1.80. The molecule has 1 N–H and O–H groups in total. The summed E-state index contributed by atoms with van der Waals surface area (Å²) in [6, 6.07) is 2.04. The Morgan fingerprint density at radius 3 is 2.50 bits per heavy atom. The monoisotopic (exact) mass is 193 g/mol. The van der Waals surface area contributed by atoms with Gasteiger partial charge in [0.05, 0.1) is 5.54 Å². The van der Waals surface area contributed by atoms with Crippen molar-refractivity contribution >= 4 is 0 Å². The maximum absolute atomic E-state index is 4.52. The van der Waals surface area contributed by atoms with Crippen LogP contribution >= 0.6 is 0 Å². The van der Waals surface area contributed by atoms with Gasteiger partial charge in [0.25, 0.3) is 0 Å². The second kappa shape index (κ2) is 4.05. The van der Waals surface area contributed by atoms with Gasteiger partial charge in [0.1, 0.15) is 5.82 Å². The highest BCUT2D eigenvalue weighted by Gasteiger charge is 2.21. The van der Waals surface area contributed by atoms with E-state index in [0.717, 1.165) is 23.6 Å². The van der Waals surface area contributed by atoms with Gasteiger partial charge < -0.3 is 5.32 Å². The molecule has 0 aliphatic carbocycles. The van der Waals surface area contributed by atoms with Gasteiger partial charge in [-0.2, -0.15) is 0 Å². The van der Waals surface area contributed by atoms with Gasteiger partial charge in [-0.25, -0.2) is 9.97 Å². The minimum absolute atomic E-state index is 0.157. The van der Waals surface area contributed by atoms with Gasteiger partial charge in [0.15, 0.2) is 0 Å². The molecule has 3 nitrogen and oxygen atoms in total. The quantitative estimate of drug-likeness (QED) is 0.795. The number of hydrogen-bond acceptors (Lipinski definition) is 3. The molecule has 0 atom stereocenters. The zero-order valence-corrected chi connectivity index (χ0v) is 9.68. The summed E-state index contributed by atoms with van der Waals surface area (Å²) in [6.45, 7) is 8.29. The summed E-state index contributed by atoms with van der Waals surface area (Å²) >= 11 is 0. The first kappa shape index (κ1) is 11.1. The van der Waals surface area contributed by atoms with Gasteiger partial charge >= 0.3 is 0 Å². The van der Waals surface area contributed by atoms with E-state index in [1.165, 1.54) is 0 Å².